The topological polar surface area (TPSA) is 135 Å². The lowest BCUT2D eigenvalue weighted by Gasteiger charge is -2.47. The van der Waals surface area contributed by atoms with Crippen molar-refractivity contribution in [2.24, 2.45) is 11.7 Å². The Morgan fingerprint density at radius 2 is 1.24 bits per heavy atom. The van der Waals surface area contributed by atoms with E-state index < -0.39 is 17.6 Å². The number of aryl methyl sites for hydroxylation is 2. The molecule has 284 valence electrons. The van der Waals surface area contributed by atoms with Gasteiger partial charge in [0.15, 0.2) is 0 Å². The third-order valence-electron chi connectivity index (χ3n) is 9.65. The fourth-order valence-corrected chi connectivity index (χ4v) is 6.00. The maximum absolute atomic E-state index is 13.0. The molecule has 13 heteroatoms. The number of esters is 1. The summed E-state index contributed by atoms with van der Waals surface area (Å²) in [6.07, 6.45) is 2.84. The van der Waals surface area contributed by atoms with Crippen molar-refractivity contribution in [3.63, 3.8) is 0 Å². The molecule has 2 aliphatic heterocycles. The van der Waals surface area contributed by atoms with Crippen LogP contribution in [0.1, 0.15) is 64.0 Å². The molecule has 2 aliphatic rings. The smallest absolute Gasteiger partial charge is 0.307 e. The molecular weight excluding hydrogens is 693 g/mol. The summed E-state index contributed by atoms with van der Waals surface area (Å²) in [7, 11) is 8.10. The zero-order chi connectivity index (χ0) is 38.1. The lowest BCUT2D eigenvalue weighted by atomic mass is 9.85. The first-order valence-electron chi connectivity index (χ1n) is 17.4. The van der Waals surface area contributed by atoms with E-state index in [1.54, 1.807) is 24.3 Å². The number of carbonyl (C=O) groups is 3. The minimum atomic E-state index is -0.585. The van der Waals surface area contributed by atoms with E-state index in [9.17, 15) is 14.4 Å². The highest BCUT2D eigenvalue weighted by Gasteiger charge is 2.42. The maximum atomic E-state index is 13.0. The first-order valence-corrected chi connectivity index (χ1v) is 18.1. The summed E-state index contributed by atoms with van der Waals surface area (Å²) in [6, 6.07) is 10.2. The lowest BCUT2D eigenvalue weighted by Crippen LogP contribution is -2.60. The second-order valence-electron chi connectivity index (χ2n) is 15.3. The van der Waals surface area contributed by atoms with E-state index in [1.807, 2.05) is 74.9 Å². The highest BCUT2D eigenvalue weighted by atomic mass is 35.5. The van der Waals surface area contributed by atoms with Gasteiger partial charge in [-0.3, -0.25) is 24.2 Å². The van der Waals surface area contributed by atoms with Gasteiger partial charge in [-0.05, 0) is 136 Å². The van der Waals surface area contributed by atoms with Gasteiger partial charge in [-0.25, -0.2) is 0 Å². The first-order chi connectivity index (χ1) is 23.8. The van der Waals surface area contributed by atoms with E-state index in [4.69, 9.17) is 43.1 Å². The van der Waals surface area contributed by atoms with Gasteiger partial charge in [0, 0.05) is 27.3 Å². The zero-order valence-corrected chi connectivity index (χ0v) is 33.2. The third-order valence-corrected chi connectivity index (χ3v) is 10.5. The molecule has 51 heavy (non-hydrogen) atoms. The second-order valence-corrected chi connectivity index (χ2v) is 16.1. The number of rotatable bonds is 14. The van der Waals surface area contributed by atoms with Gasteiger partial charge in [0.25, 0.3) is 0 Å². The summed E-state index contributed by atoms with van der Waals surface area (Å²) >= 11 is 12.0. The number of ether oxygens (including phenoxy) is 3. The largest absolute Gasteiger partial charge is 0.460 e. The number of hydrogen-bond acceptors (Lipinski definition) is 9. The fourth-order valence-electron chi connectivity index (χ4n) is 5.76. The van der Waals surface area contributed by atoms with Crippen LogP contribution >= 0.6 is 23.2 Å². The molecule has 2 heterocycles. The summed E-state index contributed by atoms with van der Waals surface area (Å²) in [5.74, 6) is -1.21. The van der Waals surface area contributed by atoms with Gasteiger partial charge in [0.2, 0.25) is 11.8 Å². The Morgan fingerprint density at radius 3 is 1.61 bits per heavy atom. The van der Waals surface area contributed by atoms with Crippen LogP contribution in [0.5, 0.6) is 0 Å². The second kappa shape index (κ2) is 18.3. The Bertz CT molecular complexity index is 1500. The number of hydrogen-bond donors (Lipinski definition) is 3. The van der Waals surface area contributed by atoms with Crippen molar-refractivity contribution in [2.75, 3.05) is 65.3 Å². The van der Waals surface area contributed by atoms with E-state index in [0.717, 1.165) is 29.7 Å². The van der Waals surface area contributed by atoms with E-state index in [0.29, 0.717) is 55.0 Å². The van der Waals surface area contributed by atoms with Crippen LogP contribution < -0.4 is 16.4 Å². The Morgan fingerprint density at radius 1 is 0.804 bits per heavy atom. The molecule has 2 amide bonds. The van der Waals surface area contributed by atoms with Gasteiger partial charge in [0.05, 0.1) is 50.0 Å². The van der Waals surface area contributed by atoms with Gasteiger partial charge >= 0.3 is 5.97 Å². The highest BCUT2D eigenvalue weighted by Crippen LogP contribution is 2.32. The molecule has 4 rings (SSSR count). The lowest BCUT2D eigenvalue weighted by molar-refractivity contribution is -0.157. The van der Waals surface area contributed by atoms with Crippen molar-refractivity contribution in [1.82, 2.24) is 9.80 Å². The normalized spacial score (nSPS) is 17.3. The van der Waals surface area contributed by atoms with Crippen LogP contribution in [0.25, 0.3) is 0 Å². The van der Waals surface area contributed by atoms with Crippen molar-refractivity contribution < 1.29 is 28.6 Å². The molecule has 0 bridgehead atoms. The molecule has 2 aromatic carbocycles. The SMILES string of the molecule is Cc1cc(NC(=O)C(CCC2(N(C)C)COC2)CC(=O)OC(C)(C)C)ccc1Cl.Cc1cc(NC(=O)C(N)CCC2(N(C)C)COC2)ccc1Cl. The summed E-state index contributed by atoms with van der Waals surface area (Å²) in [5.41, 5.74) is 8.57. The molecule has 0 aliphatic carbocycles. The third kappa shape index (κ3) is 12.4. The maximum Gasteiger partial charge on any atom is 0.307 e. The van der Waals surface area contributed by atoms with Crippen LogP contribution in [0.2, 0.25) is 10.0 Å². The average Bonchev–Trinajstić information content (AvgIpc) is 2.98. The molecule has 0 saturated carbocycles. The van der Waals surface area contributed by atoms with Crippen LogP contribution in [0, 0.1) is 19.8 Å². The quantitative estimate of drug-likeness (QED) is 0.197. The van der Waals surface area contributed by atoms with Gasteiger partial charge in [-0.2, -0.15) is 0 Å². The van der Waals surface area contributed by atoms with E-state index in [-0.39, 0.29) is 35.3 Å². The van der Waals surface area contributed by atoms with Crippen molar-refractivity contribution in [3.8, 4) is 0 Å². The van der Waals surface area contributed by atoms with E-state index >= 15 is 0 Å². The van der Waals surface area contributed by atoms with Crippen molar-refractivity contribution in [3.05, 3.63) is 57.6 Å². The molecule has 2 fully saturated rings. The van der Waals surface area contributed by atoms with Gasteiger partial charge < -0.3 is 30.6 Å². The van der Waals surface area contributed by atoms with Crippen molar-refractivity contribution in [2.45, 2.75) is 89.4 Å². The standard InChI is InChI=1S/C22H33ClN2O4.C16H24ClN3O2/c1-15-11-17(7-8-18(15)23)24-20(27)16(12-19(26)29-21(2,3)4)9-10-22(25(5)6)13-28-14-22;1-11-8-12(4-5-13(11)17)19-15(21)14(18)6-7-16(20(2)3)9-22-10-16/h7-8,11,16H,9-10,12-14H2,1-6H3,(H,24,27);4-5,8,14H,6-7,9-10,18H2,1-3H3,(H,19,21). The molecule has 4 N–H and O–H groups in total. The van der Waals surface area contributed by atoms with Crippen LogP contribution in [0.4, 0.5) is 11.4 Å². The average molecular weight is 751 g/mol. The molecule has 2 saturated heterocycles. The van der Waals surface area contributed by atoms with Crippen LogP contribution in [-0.4, -0.2) is 105 Å². The molecule has 0 spiro atoms. The van der Waals surface area contributed by atoms with Crippen molar-refractivity contribution >= 4 is 52.4 Å². The summed E-state index contributed by atoms with van der Waals surface area (Å²) in [6.45, 7) is 11.9. The number of nitrogens with two attached hydrogens (primary N) is 1. The van der Waals surface area contributed by atoms with Crippen LogP contribution in [-0.2, 0) is 28.6 Å². The fraction of sp³-hybridized carbons (Fsp3) is 0.605. The molecule has 0 radical (unpaired) electrons. The van der Waals surface area contributed by atoms with Crippen LogP contribution in [0.15, 0.2) is 36.4 Å². The number of nitrogens with zero attached hydrogens (tertiary/aromatic N) is 2. The number of carbonyl (C=O) groups excluding carboxylic acids is 3. The van der Waals surface area contributed by atoms with Crippen molar-refractivity contribution in [1.29, 1.82) is 0 Å². The number of amides is 2. The molecular formula is C38H57Cl2N5O6. The predicted molar refractivity (Wildman–Crippen MR) is 205 cm³/mol. The Kier molecular flexibility index (Phi) is 15.3. The Balaban J connectivity index is 0.000000286. The van der Waals surface area contributed by atoms with Gasteiger partial charge in [-0.15, -0.1) is 0 Å². The summed E-state index contributed by atoms with van der Waals surface area (Å²) < 4.78 is 16.2. The zero-order valence-electron chi connectivity index (χ0n) is 31.7. The molecule has 0 aromatic heterocycles. The van der Waals surface area contributed by atoms with E-state index in [2.05, 4.69) is 20.4 Å². The van der Waals surface area contributed by atoms with E-state index in [1.165, 1.54) is 0 Å². The molecule has 2 aromatic rings. The molecule has 2 atom stereocenters. The minimum Gasteiger partial charge on any atom is -0.460 e. The summed E-state index contributed by atoms with van der Waals surface area (Å²) in [5, 5.41) is 7.10. The minimum absolute atomic E-state index is 0.0226. The number of benzene rings is 2. The highest BCUT2D eigenvalue weighted by molar-refractivity contribution is 6.31. The first kappa shape index (κ1) is 42.6. The van der Waals surface area contributed by atoms with Gasteiger partial charge in [-0.1, -0.05) is 23.2 Å². The Hall–Kier alpha value is -2.77. The van der Waals surface area contributed by atoms with Crippen LogP contribution in [0.3, 0.4) is 0 Å². The molecule has 2 unspecified atom stereocenters. The number of likely N-dealkylation sites (N-methyl/N-ethyl adjacent to an activating group) is 2. The number of halogens is 2. The number of nitrogens with one attached hydrogen (secondary N) is 2. The predicted octanol–water partition coefficient (Wildman–Crippen LogP) is 6.07. The van der Waals surface area contributed by atoms with Gasteiger partial charge in [0.1, 0.15) is 5.60 Å². The number of anilines is 2. The summed E-state index contributed by atoms with van der Waals surface area (Å²) in [4.78, 5) is 41.9. The Labute approximate surface area is 313 Å². The monoisotopic (exact) mass is 749 g/mol. The molecule has 11 nitrogen and oxygen atoms in total.